The predicted molar refractivity (Wildman–Crippen MR) is 110 cm³/mol. The van der Waals surface area contributed by atoms with Crippen LogP contribution in [-0.4, -0.2) is 37.7 Å². The number of benzene rings is 2. The van der Waals surface area contributed by atoms with E-state index in [1.54, 1.807) is 24.6 Å². The van der Waals surface area contributed by atoms with Gasteiger partial charge in [0.2, 0.25) is 0 Å². The molecule has 0 aliphatic rings. The molecule has 0 atom stereocenters. The topological polar surface area (TPSA) is 86.8 Å². The third kappa shape index (κ3) is 5.76. The lowest BCUT2D eigenvalue weighted by atomic mass is 10.2. The standard InChI is InChI=1S/C21H18F2N2O5S/c1-28-17-6-3-12(7-18(17)29-2)21-24-14(11-31-21)9-20(27)30-10-19(26)25-16-5-4-13(22)8-15(16)23/h3-8,11H,9-10H2,1-2H3,(H,25,26). The molecule has 0 radical (unpaired) electrons. The highest BCUT2D eigenvalue weighted by atomic mass is 32.1. The molecule has 1 aromatic heterocycles. The molecular weight excluding hydrogens is 430 g/mol. The molecule has 0 saturated carbocycles. The highest BCUT2D eigenvalue weighted by Gasteiger charge is 2.14. The Labute approximate surface area is 180 Å². The SMILES string of the molecule is COc1ccc(-c2nc(CC(=O)OCC(=O)Nc3ccc(F)cc3F)cs2)cc1OC. The third-order valence-corrected chi connectivity index (χ3v) is 5.02. The summed E-state index contributed by atoms with van der Waals surface area (Å²) in [7, 11) is 3.08. The summed E-state index contributed by atoms with van der Waals surface area (Å²) in [6.07, 6.45) is -0.137. The molecule has 10 heteroatoms. The summed E-state index contributed by atoms with van der Waals surface area (Å²) in [5.74, 6) is -1.96. The number of aromatic nitrogens is 1. The molecule has 31 heavy (non-hydrogen) atoms. The van der Waals surface area contributed by atoms with Gasteiger partial charge in [0.1, 0.15) is 16.6 Å². The number of methoxy groups -OCH3 is 2. The fourth-order valence-electron chi connectivity index (χ4n) is 2.61. The van der Waals surface area contributed by atoms with E-state index in [9.17, 15) is 18.4 Å². The molecule has 0 spiro atoms. The second-order valence-corrected chi connectivity index (χ2v) is 7.08. The van der Waals surface area contributed by atoms with Gasteiger partial charge in [0.15, 0.2) is 18.1 Å². The zero-order chi connectivity index (χ0) is 22.4. The van der Waals surface area contributed by atoms with Crippen molar-refractivity contribution < 1.29 is 32.6 Å². The number of hydrogen-bond donors (Lipinski definition) is 1. The number of rotatable bonds is 8. The van der Waals surface area contributed by atoms with Crippen molar-refractivity contribution in [1.29, 1.82) is 0 Å². The van der Waals surface area contributed by atoms with Crippen LogP contribution in [0.1, 0.15) is 5.69 Å². The Hall–Kier alpha value is -3.53. The lowest BCUT2D eigenvalue weighted by molar-refractivity contribution is -0.146. The van der Waals surface area contributed by atoms with Crippen LogP contribution in [0.15, 0.2) is 41.8 Å². The predicted octanol–water partition coefficient (Wildman–Crippen LogP) is 3.83. The first-order chi connectivity index (χ1) is 14.9. The van der Waals surface area contributed by atoms with Crippen LogP contribution in [-0.2, 0) is 20.7 Å². The Kier molecular flexibility index (Phi) is 7.14. The minimum atomic E-state index is -0.926. The fraction of sp³-hybridized carbons (Fsp3) is 0.190. The fourth-order valence-corrected chi connectivity index (χ4v) is 3.43. The highest BCUT2D eigenvalue weighted by molar-refractivity contribution is 7.13. The summed E-state index contributed by atoms with van der Waals surface area (Å²) >= 11 is 1.34. The quantitative estimate of drug-likeness (QED) is 0.527. The molecule has 0 aliphatic carbocycles. The number of carbonyl (C=O) groups is 2. The molecule has 1 amide bonds. The molecule has 162 valence electrons. The maximum atomic E-state index is 13.5. The van der Waals surface area contributed by atoms with Gasteiger partial charge < -0.3 is 19.5 Å². The summed E-state index contributed by atoms with van der Waals surface area (Å²) in [6, 6.07) is 8.07. The van der Waals surface area contributed by atoms with Crippen molar-refractivity contribution in [3.05, 3.63) is 59.1 Å². The molecule has 0 saturated heterocycles. The van der Waals surface area contributed by atoms with E-state index < -0.39 is 30.1 Å². The summed E-state index contributed by atoms with van der Waals surface area (Å²) in [5, 5.41) is 4.59. The van der Waals surface area contributed by atoms with Crippen molar-refractivity contribution in [1.82, 2.24) is 4.98 Å². The number of nitrogens with one attached hydrogen (secondary N) is 1. The molecule has 0 aliphatic heterocycles. The largest absolute Gasteiger partial charge is 0.493 e. The van der Waals surface area contributed by atoms with Crippen molar-refractivity contribution in [3.8, 4) is 22.1 Å². The Morgan fingerprint density at radius 1 is 1.06 bits per heavy atom. The summed E-state index contributed by atoms with van der Waals surface area (Å²) in [5.41, 5.74) is 1.06. The van der Waals surface area contributed by atoms with Gasteiger partial charge in [-0.2, -0.15) is 0 Å². The molecule has 3 aromatic rings. The minimum Gasteiger partial charge on any atom is -0.493 e. The van der Waals surface area contributed by atoms with Crippen LogP contribution < -0.4 is 14.8 Å². The zero-order valence-corrected chi connectivity index (χ0v) is 17.4. The van der Waals surface area contributed by atoms with E-state index in [1.165, 1.54) is 18.4 Å². The Morgan fingerprint density at radius 2 is 1.84 bits per heavy atom. The first kappa shape index (κ1) is 22.2. The lowest BCUT2D eigenvalue weighted by Gasteiger charge is -2.08. The van der Waals surface area contributed by atoms with Crippen LogP contribution in [0.4, 0.5) is 14.5 Å². The van der Waals surface area contributed by atoms with Gasteiger partial charge in [0.05, 0.1) is 32.0 Å². The number of anilines is 1. The number of esters is 1. The lowest BCUT2D eigenvalue weighted by Crippen LogP contribution is -2.22. The third-order valence-electron chi connectivity index (χ3n) is 4.08. The smallest absolute Gasteiger partial charge is 0.312 e. The van der Waals surface area contributed by atoms with Gasteiger partial charge in [-0.3, -0.25) is 9.59 Å². The van der Waals surface area contributed by atoms with Gasteiger partial charge in [0.25, 0.3) is 5.91 Å². The van der Waals surface area contributed by atoms with Crippen molar-refractivity contribution in [2.75, 3.05) is 26.1 Å². The van der Waals surface area contributed by atoms with E-state index in [2.05, 4.69) is 10.3 Å². The first-order valence-electron chi connectivity index (χ1n) is 8.97. The van der Waals surface area contributed by atoms with Crippen LogP contribution in [0.2, 0.25) is 0 Å². The van der Waals surface area contributed by atoms with Gasteiger partial charge in [0, 0.05) is 17.0 Å². The molecule has 3 rings (SSSR count). The average molecular weight is 448 g/mol. The Bertz CT molecular complexity index is 1100. The molecule has 1 N–H and O–H groups in total. The van der Waals surface area contributed by atoms with Gasteiger partial charge in [-0.1, -0.05) is 0 Å². The number of ether oxygens (including phenoxy) is 3. The summed E-state index contributed by atoms with van der Waals surface area (Å²) in [4.78, 5) is 28.2. The van der Waals surface area contributed by atoms with Gasteiger partial charge in [-0.25, -0.2) is 13.8 Å². The van der Waals surface area contributed by atoms with E-state index in [0.717, 1.165) is 17.7 Å². The van der Waals surface area contributed by atoms with E-state index >= 15 is 0 Å². The van der Waals surface area contributed by atoms with E-state index in [-0.39, 0.29) is 12.1 Å². The maximum absolute atomic E-state index is 13.5. The van der Waals surface area contributed by atoms with Crippen molar-refractivity contribution in [2.24, 2.45) is 0 Å². The average Bonchev–Trinajstić information content (AvgIpc) is 3.22. The van der Waals surface area contributed by atoms with Gasteiger partial charge in [-0.15, -0.1) is 11.3 Å². The number of carbonyl (C=O) groups excluding carboxylic acids is 2. The molecular formula is C21H18F2N2O5S. The van der Waals surface area contributed by atoms with E-state index in [0.29, 0.717) is 28.3 Å². The van der Waals surface area contributed by atoms with Crippen LogP contribution in [0.25, 0.3) is 10.6 Å². The van der Waals surface area contributed by atoms with Crippen LogP contribution in [0.5, 0.6) is 11.5 Å². The van der Waals surface area contributed by atoms with E-state index in [4.69, 9.17) is 14.2 Å². The van der Waals surface area contributed by atoms with Crippen molar-refractivity contribution in [3.63, 3.8) is 0 Å². The maximum Gasteiger partial charge on any atom is 0.312 e. The molecule has 7 nitrogen and oxygen atoms in total. The Balaban J connectivity index is 1.54. The number of nitrogens with zero attached hydrogens (tertiary/aromatic N) is 1. The normalized spacial score (nSPS) is 10.5. The minimum absolute atomic E-state index is 0.137. The monoisotopic (exact) mass is 448 g/mol. The van der Waals surface area contributed by atoms with Crippen molar-refractivity contribution in [2.45, 2.75) is 6.42 Å². The number of amides is 1. The zero-order valence-electron chi connectivity index (χ0n) is 16.6. The van der Waals surface area contributed by atoms with Crippen LogP contribution >= 0.6 is 11.3 Å². The molecule has 1 heterocycles. The molecule has 2 aromatic carbocycles. The highest BCUT2D eigenvalue weighted by Crippen LogP contribution is 2.33. The molecule has 0 bridgehead atoms. The second kappa shape index (κ2) is 9.98. The Morgan fingerprint density at radius 3 is 2.55 bits per heavy atom. The van der Waals surface area contributed by atoms with Crippen molar-refractivity contribution >= 4 is 28.9 Å². The van der Waals surface area contributed by atoms with Crippen LogP contribution in [0.3, 0.4) is 0 Å². The summed E-state index contributed by atoms with van der Waals surface area (Å²) < 4.78 is 41.8. The molecule has 0 unspecified atom stereocenters. The second-order valence-electron chi connectivity index (χ2n) is 6.22. The summed E-state index contributed by atoms with van der Waals surface area (Å²) in [6.45, 7) is -0.609. The number of halogens is 2. The first-order valence-corrected chi connectivity index (χ1v) is 9.85. The van der Waals surface area contributed by atoms with E-state index in [1.807, 2.05) is 6.07 Å². The molecule has 0 fully saturated rings. The van der Waals surface area contributed by atoms with Gasteiger partial charge >= 0.3 is 5.97 Å². The van der Waals surface area contributed by atoms with Crippen LogP contribution in [0, 0.1) is 11.6 Å². The number of hydrogen-bond acceptors (Lipinski definition) is 7. The number of thiazole rings is 1. The van der Waals surface area contributed by atoms with Gasteiger partial charge in [-0.05, 0) is 30.3 Å².